The van der Waals surface area contributed by atoms with E-state index in [0.29, 0.717) is 60.0 Å². The van der Waals surface area contributed by atoms with Crippen molar-refractivity contribution in [2.45, 2.75) is 25.1 Å². The van der Waals surface area contributed by atoms with Crippen molar-refractivity contribution in [2.75, 3.05) is 45.3 Å². The molecule has 1 aliphatic heterocycles. The second-order valence-corrected chi connectivity index (χ2v) is 8.69. The van der Waals surface area contributed by atoms with E-state index >= 15 is 0 Å². The van der Waals surface area contributed by atoms with Gasteiger partial charge in [-0.1, -0.05) is 11.6 Å². The molecule has 3 aromatic rings. The van der Waals surface area contributed by atoms with E-state index in [9.17, 15) is 17.6 Å². The molecule has 1 N–H and O–H groups in total. The monoisotopic (exact) mass is 528 g/mol. The molecule has 4 rings (SSSR count). The summed E-state index contributed by atoms with van der Waals surface area (Å²) in [5, 5.41) is 3.71. The normalized spacial score (nSPS) is 16.8. The maximum absolute atomic E-state index is 13.5. The van der Waals surface area contributed by atoms with Crippen LogP contribution in [0.1, 0.15) is 12.8 Å². The van der Waals surface area contributed by atoms with Gasteiger partial charge in [-0.05, 0) is 30.7 Å². The molecule has 0 saturated carbocycles. The van der Waals surface area contributed by atoms with Crippen molar-refractivity contribution in [1.82, 2.24) is 14.9 Å². The van der Waals surface area contributed by atoms with E-state index in [-0.39, 0.29) is 18.2 Å². The van der Waals surface area contributed by atoms with Crippen LogP contribution in [-0.2, 0) is 4.74 Å². The van der Waals surface area contributed by atoms with Crippen molar-refractivity contribution >= 4 is 34.0 Å². The highest BCUT2D eigenvalue weighted by Gasteiger charge is 2.36. The summed E-state index contributed by atoms with van der Waals surface area (Å²) in [6.07, 6.45) is -3.25. The Bertz CT molecular complexity index is 1200. The summed E-state index contributed by atoms with van der Waals surface area (Å²) in [5.74, 6) is 0.822. The van der Waals surface area contributed by atoms with E-state index in [0.717, 1.165) is 0 Å². The van der Waals surface area contributed by atoms with Crippen LogP contribution in [0.3, 0.4) is 0 Å². The van der Waals surface area contributed by atoms with Gasteiger partial charge in [-0.15, -0.1) is 0 Å². The Morgan fingerprint density at radius 3 is 2.78 bits per heavy atom. The molecule has 1 saturated heterocycles. The Balaban J connectivity index is 1.45. The second-order valence-electron chi connectivity index (χ2n) is 8.28. The van der Waals surface area contributed by atoms with Crippen LogP contribution in [0.25, 0.3) is 10.9 Å². The molecule has 1 aromatic heterocycles. The summed E-state index contributed by atoms with van der Waals surface area (Å²) in [4.78, 5) is 10.4. The molecule has 194 valence electrons. The van der Waals surface area contributed by atoms with Crippen LogP contribution in [-0.4, -0.2) is 67.1 Å². The molecule has 0 radical (unpaired) electrons. The molecule has 0 spiro atoms. The predicted molar refractivity (Wildman–Crippen MR) is 128 cm³/mol. The Hall–Kier alpha value is -2.89. The molecule has 2 aromatic carbocycles. The lowest BCUT2D eigenvalue weighted by Gasteiger charge is -2.35. The lowest BCUT2D eigenvalue weighted by molar-refractivity contribution is -0.159. The van der Waals surface area contributed by atoms with Crippen molar-refractivity contribution in [3.8, 4) is 11.5 Å². The zero-order valence-corrected chi connectivity index (χ0v) is 20.2. The van der Waals surface area contributed by atoms with Gasteiger partial charge in [0.05, 0.1) is 43.9 Å². The molecule has 0 amide bonds. The molecule has 12 heteroatoms. The zero-order chi connectivity index (χ0) is 25.7. The minimum atomic E-state index is -4.24. The molecular formula is C24H25ClF4N4O3. The first kappa shape index (κ1) is 26.2. The molecule has 36 heavy (non-hydrogen) atoms. The van der Waals surface area contributed by atoms with Crippen LogP contribution < -0.4 is 14.8 Å². The van der Waals surface area contributed by atoms with Gasteiger partial charge in [-0.2, -0.15) is 13.2 Å². The number of ether oxygens (including phenoxy) is 3. The van der Waals surface area contributed by atoms with Crippen molar-refractivity contribution in [3.05, 3.63) is 47.5 Å². The molecule has 1 atom stereocenters. The number of anilines is 2. The first-order chi connectivity index (χ1) is 17.2. The lowest BCUT2D eigenvalue weighted by atomic mass is 10.1. The number of hydrogen-bond donors (Lipinski definition) is 1. The second kappa shape index (κ2) is 11.4. The minimum Gasteiger partial charge on any atom is -0.493 e. The highest BCUT2D eigenvalue weighted by Crippen LogP contribution is 2.35. The zero-order valence-electron chi connectivity index (χ0n) is 19.4. The topological polar surface area (TPSA) is 68.7 Å². The van der Waals surface area contributed by atoms with Crippen LogP contribution in [0.4, 0.5) is 29.1 Å². The standard InChI is InChI=1S/C24H25ClF4N4O3/c1-34-21-11-20-17(23(31-14-30-20)32-15-3-4-19(26)18(25)9-15)10-22(21)36-7-2-5-33-6-8-35-13-16(33)12-24(27,28)29/h3-4,9-11,14,16H,2,5-8,12-13H2,1H3,(H,30,31,32)/t16-/m1/s1. The van der Waals surface area contributed by atoms with E-state index in [1.54, 1.807) is 17.0 Å². The Morgan fingerprint density at radius 2 is 2.03 bits per heavy atom. The third-order valence-corrected chi connectivity index (χ3v) is 6.06. The van der Waals surface area contributed by atoms with E-state index in [2.05, 4.69) is 15.3 Å². The van der Waals surface area contributed by atoms with Crippen molar-refractivity contribution < 1.29 is 31.8 Å². The molecule has 0 aliphatic carbocycles. The lowest BCUT2D eigenvalue weighted by Crippen LogP contribution is -2.48. The number of hydrogen-bond acceptors (Lipinski definition) is 7. The minimum absolute atomic E-state index is 0.0261. The number of fused-ring (bicyclic) bond motifs is 1. The van der Waals surface area contributed by atoms with Gasteiger partial charge in [0.25, 0.3) is 0 Å². The van der Waals surface area contributed by atoms with E-state index in [4.69, 9.17) is 25.8 Å². The fourth-order valence-corrected chi connectivity index (χ4v) is 4.22. The average molecular weight is 529 g/mol. The quantitative estimate of drug-likeness (QED) is 0.286. The van der Waals surface area contributed by atoms with Crippen molar-refractivity contribution in [2.24, 2.45) is 0 Å². The largest absolute Gasteiger partial charge is 0.493 e. The Morgan fingerprint density at radius 1 is 1.19 bits per heavy atom. The molecule has 1 fully saturated rings. The number of halogens is 5. The Kier molecular flexibility index (Phi) is 8.32. The summed E-state index contributed by atoms with van der Waals surface area (Å²) < 4.78 is 68.8. The van der Waals surface area contributed by atoms with Gasteiger partial charge in [-0.3, -0.25) is 4.90 Å². The van der Waals surface area contributed by atoms with Crippen LogP contribution in [0.2, 0.25) is 5.02 Å². The van der Waals surface area contributed by atoms with Crippen LogP contribution >= 0.6 is 11.6 Å². The van der Waals surface area contributed by atoms with Crippen molar-refractivity contribution in [3.63, 3.8) is 0 Å². The molecular weight excluding hydrogens is 504 g/mol. The van der Waals surface area contributed by atoms with Gasteiger partial charge < -0.3 is 19.5 Å². The number of nitrogens with one attached hydrogen (secondary N) is 1. The van der Waals surface area contributed by atoms with E-state index in [1.165, 1.54) is 31.6 Å². The SMILES string of the molecule is COc1cc2ncnc(Nc3ccc(F)c(Cl)c3)c2cc1OCCCN1CCOC[C@H]1CC(F)(F)F. The average Bonchev–Trinajstić information content (AvgIpc) is 2.84. The number of rotatable bonds is 9. The first-order valence-electron chi connectivity index (χ1n) is 11.3. The summed E-state index contributed by atoms with van der Waals surface area (Å²) in [5.41, 5.74) is 1.13. The molecule has 0 unspecified atom stereocenters. The number of morpholine rings is 1. The van der Waals surface area contributed by atoms with Gasteiger partial charge in [0.1, 0.15) is 18.0 Å². The summed E-state index contributed by atoms with van der Waals surface area (Å²) in [7, 11) is 1.50. The van der Waals surface area contributed by atoms with E-state index in [1.807, 2.05) is 0 Å². The predicted octanol–water partition coefficient (Wildman–Crippen LogP) is 5.60. The summed E-state index contributed by atoms with van der Waals surface area (Å²) >= 11 is 5.88. The van der Waals surface area contributed by atoms with E-state index < -0.39 is 24.5 Å². The maximum Gasteiger partial charge on any atom is 0.390 e. The molecule has 2 heterocycles. The van der Waals surface area contributed by atoms with Gasteiger partial charge in [-0.25, -0.2) is 14.4 Å². The van der Waals surface area contributed by atoms with Gasteiger partial charge in [0.2, 0.25) is 0 Å². The number of benzene rings is 2. The fraction of sp³-hybridized carbons (Fsp3) is 0.417. The molecule has 7 nitrogen and oxygen atoms in total. The number of methoxy groups -OCH3 is 1. The first-order valence-corrected chi connectivity index (χ1v) is 11.7. The number of alkyl halides is 3. The molecule has 0 bridgehead atoms. The number of aromatic nitrogens is 2. The van der Waals surface area contributed by atoms with Crippen LogP contribution in [0.5, 0.6) is 11.5 Å². The Labute approximate surface area is 210 Å². The van der Waals surface area contributed by atoms with Crippen LogP contribution in [0, 0.1) is 5.82 Å². The smallest absolute Gasteiger partial charge is 0.390 e. The number of nitrogens with zero attached hydrogens (tertiary/aromatic N) is 3. The van der Waals surface area contributed by atoms with Crippen LogP contribution in [0.15, 0.2) is 36.7 Å². The maximum atomic E-state index is 13.5. The van der Waals surface area contributed by atoms with Gasteiger partial charge in [0.15, 0.2) is 11.5 Å². The summed E-state index contributed by atoms with van der Waals surface area (Å²) in [6.45, 7) is 1.62. The third-order valence-electron chi connectivity index (χ3n) is 5.77. The fourth-order valence-electron chi connectivity index (χ4n) is 4.04. The highest BCUT2D eigenvalue weighted by molar-refractivity contribution is 6.31. The third kappa shape index (κ3) is 6.65. The van der Waals surface area contributed by atoms with Crippen molar-refractivity contribution in [1.29, 1.82) is 0 Å². The summed E-state index contributed by atoms with van der Waals surface area (Å²) in [6, 6.07) is 6.97. The molecule has 1 aliphatic rings. The van der Waals surface area contributed by atoms with Gasteiger partial charge in [0, 0.05) is 36.3 Å². The highest BCUT2D eigenvalue weighted by atomic mass is 35.5. The van der Waals surface area contributed by atoms with Gasteiger partial charge >= 0.3 is 6.18 Å².